The highest BCUT2D eigenvalue weighted by molar-refractivity contribution is 7.98. The molecule has 8 heteroatoms. The van der Waals surface area contributed by atoms with Crippen LogP contribution in [0.15, 0.2) is 53.7 Å². The lowest BCUT2D eigenvalue weighted by molar-refractivity contribution is -0.118. The maximum absolute atomic E-state index is 12.7. The molecule has 0 saturated heterocycles. The number of carbonyl (C=O) groups excluding carboxylic acids is 1. The van der Waals surface area contributed by atoms with Gasteiger partial charge in [0.15, 0.2) is 5.69 Å². The van der Waals surface area contributed by atoms with Crippen molar-refractivity contribution in [2.45, 2.75) is 25.2 Å². The first-order chi connectivity index (χ1) is 14.1. The Morgan fingerprint density at radius 3 is 2.62 bits per heavy atom. The lowest BCUT2D eigenvalue weighted by Crippen LogP contribution is -2.36. The van der Waals surface area contributed by atoms with Gasteiger partial charge in [-0.2, -0.15) is 4.98 Å². The molecule has 0 bridgehead atoms. The third-order valence-electron chi connectivity index (χ3n) is 4.51. The number of amides is 1. The van der Waals surface area contributed by atoms with Crippen LogP contribution in [0.5, 0.6) is 11.6 Å². The molecular weight excluding hydrogens is 388 g/mol. The van der Waals surface area contributed by atoms with Crippen LogP contribution in [-0.4, -0.2) is 34.0 Å². The van der Waals surface area contributed by atoms with E-state index in [1.54, 1.807) is 4.90 Å². The second-order valence-corrected chi connectivity index (χ2v) is 7.10. The first-order valence-electron chi connectivity index (χ1n) is 9.19. The van der Waals surface area contributed by atoms with Crippen molar-refractivity contribution in [1.29, 1.82) is 0 Å². The van der Waals surface area contributed by atoms with E-state index in [0.717, 1.165) is 16.9 Å². The summed E-state index contributed by atoms with van der Waals surface area (Å²) >= 11 is 1.38. The highest BCUT2D eigenvalue weighted by Gasteiger charge is 2.34. The molecular formula is C21H20N4O3S. The number of hydrogen-bond donors (Lipinski definition) is 0. The zero-order chi connectivity index (χ0) is 20.4. The van der Waals surface area contributed by atoms with Crippen molar-refractivity contribution in [3.8, 4) is 22.9 Å². The molecule has 0 unspecified atom stereocenters. The van der Waals surface area contributed by atoms with E-state index in [0.29, 0.717) is 29.0 Å². The fourth-order valence-corrected chi connectivity index (χ4v) is 3.55. The van der Waals surface area contributed by atoms with E-state index < -0.39 is 6.23 Å². The van der Waals surface area contributed by atoms with Crippen molar-refractivity contribution in [1.82, 2.24) is 15.2 Å². The average molecular weight is 408 g/mol. The van der Waals surface area contributed by atoms with Crippen molar-refractivity contribution < 1.29 is 14.3 Å². The predicted octanol–water partition coefficient (Wildman–Crippen LogP) is 4.10. The summed E-state index contributed by atoms with van der Waals surface area (Å²) in [5.41, 5.74) is 2.76. The maximum Gasteiger partial charge on any atom is 0.247 e. The number of nitrogens with zero attached hydrogens (tertiary/aromatic N) is 4. The second-order valence-electron chi connectivity index (χ2n) is 6.33. The molecule has 1 atom stereocenters. The molecule has 29 heavy (non-hydrogen) atoms. The van der Waals surface area contributed by atoms with E-state index in [1.807, 2.05) is 61.7 Å². The van der Waals surface area contributed by atoms with Crippen LogP contribution in [0.3, 0.4) is 0 Å². The summed E-state index contributed by atoms with van der Waals surface area (Å²) in [6, 6.07) is 15.1. The van der Waals surface area contributed by atoms with Gasteiger partial charge in [0, 0.05) is 18.1 Å². The number of benzene rings is 2. The molecule has 148 valence electrons. The number of hydrogen-bond acceptors (Lipinski definition) is 7. The Balaban J connectivity index is 1.89. The lowest BCUT2D eigenvalue weighted by atomic mass is 10.1. The summed E-state index contributed by atoms with van der Waals surface area (Å²) in [7, 11) is 0. The minimum absolute atomic E-state index is 0.151. The van der Waals surface area contributed by atoms with Crippen molar-refractivity contribution >= 4 is 23.4 Å². The SMILES string of the molecule is CCOc1ccc([C@@H]2Oc3nc(SC)nnc3-c3ccccc3N2C(C)=O)cc1. The van der Waals surface area contributed by atoms with Crippen molar-refractivity contribution in [3.63, 3.8) is 0 Å². The van der Waals surface area contributed by atoms with Crippen LogP contribution in [-0.2, 0) is 4.79 Å². The van der Waals surface area contributed by atoms with Crippen molar-refractivity contribution in [2.24, 2.45) is 0 Å². The highest BCUT2D eigenvalue weighted by atomic mass is 32.2. The van der Waals surface area contributed by atoms with Gasteiger partial charge in [-0.25, -0.2) is 0 Å². The van der Waals surface area contributed by atoms with Crippen LogP contribution in [0.1, 0.15) is 25.6 Å². The van der Waals surface area contributed by atoms with E-state index in [-0.39, 0.29) is 5.91 Å². The van der Waals surface area contributed by atoms with E-state index >= 15 is 0 Å². The van der Waals surface area contributed by atoms with Gasteiger partial charge in [0.2, 0.25) is 23.2 Å². The molecule has 1 amide bonds. The minimum Gasteiger partial charge on any atom is -0.494 e. The first-order valence-corrected chi connectivity index (χ1v) is 10.4. The van der Waals surface area contributed by atoms with Gasteiger partial charge in [-0.05, 0) is 43.5 Å². The van der Waals surface area contributed by atoms with E-state index in [9.17, 15) is 4.79 Å². The van der Waals surface area contributed by atoms with Gasteiger partial charge >= 0.3 is 0 Å². The largest absolute Gasteiger partial charge is 0.494 e. The first kappa shape index (κ1) is 19.2. The van der Waals surface area contributed by atoms with E-state index in [2.05, 4.69) is 15.2 Å². The fraction of sp³-hybridized carbons (Fsp3) is 0.238. The molecule has 0 spiro atoms. The summed E-state index contributed by atoms with van der Waals surface area (Å²) in [5, 5.41) is 8.99. The number of thioether (sulfide) groups is 1. The Morgan fingerprint density at radius 2 is 1.93 bits per heavy atom. The molecule has 1 aromatic heterocycles. The molecule has 0 N–H and O–H groups in total. The Bertz CT molecular complexity index is 1040. The maximum atomic E-state index is 12.7. The van der Waals surface area contributed by atoms with Gasteiger partial charge in [0.05, 0.1) is 12.3 Å². The zero-order valence-electron chi connectivity index (χ0n) is 16.3. The highest BCUT2D eigenvalue weighted by Crippen LogP contribution is 2.43. The standard InChI is InChI=1S/C21H20N4O3S/c1-4-27-15-11-9-14(10-12-15)20-25(13(2)26)17-8-6-5-7-16(17)18-19(28-20)22-21(29-3)24-23-18/h5-12,20H,4H2,1-3H3/t20-/m0/s1. The number of para-hydroxylation sites is 1. The van der Waals surface area contributed by atoms with Crippen molar-refractivity contribution in [2.75, 3.05) is 17.8 Å². The number of aromatic nitrogens is 3. The molecule has 0 aliphatic carbocycles. The van der Waals surface area contributed by atoms with Gasteiger partial charge in [0.25, 0.3) is 0 Å². The van der Waals surface area contributed by atoms with Crippen LogP contribution in [0.4, 0.5) is 5.69 Å². The molecule has 0 saturated carbocycles. The van der Waals surface area contributed by atoms with E-state index in [1.165, 1.54) is 18.7 Å². The van der Waals surface area contributed by atoms with Gasteiger partial charge in [-0.1, -0.05) is 30.0 Å². The number of rotatable bonds is 4. The van der Waals surface area contributed by atoms with Crippen LogP contribution < -0.4 is 14.4 Å². The smallest absolute Gasteiger partial charge is 0.247 e. The van der Waals surface area contributed by atoms with Gasteiger partial charge < -0.3 is 9.47 Å². The van der Waals surface area contributed by atoms with E-state index in [4.69, 9.17) is 9.47 Å². The molecule has 4 rings (SSSR count). The van der Waals surface area contributed by atoms with Crippen LogP contribution in [0.25, 0.3) is 11.3 Å². The third-order valence-corrected chi connectivity index (χ3v) is 5.05. The summed E-state index contributed by atoms with van der Waals surface area (Å²) in [5.74, 6) is 0.954. The fourth-order valence-electron chi connectivity index (χ4n) is 3.25. The Morgan fingerprint density at radius 1 is 1.17 bits per heavy atom. The topological polar surface area (TPSA) is 77.4 Å². The molecule has 2 aromatic carbocycles. The molecule has 2 heterocycles. The average Bonchev–Trinajstić information content (AvgIpc) is 2.88. The Kier molecular flexibility index (Phi) is 5.35. The number of anilines is 1. The molecule has 0 radical (unpaired) electrons. The van der Waals surface area contributed by atoms with Crippen LogP contribution >= 0.6 is 11.8 Å². The second kappa shape index (κ2) is 8.08. The summed E-state index contributed by atoms with van der Waals surface area (Å²) in [4.78, 5) is 18.8. The summed E-state index contributed by atoms with van der Waals surface area (Å²) in [6.45, 7) is 4.04. The number of ether oxygens (including phenoxy) is 2. The minimum atomic E-state index is -0.697. The number of fused-ring (bicyclic) bond motifs is 3. The molecule has 1 aliphatic rings. The molecule has 1 aliphatic heterocycles. The summed E-state index contributed by atoms with van der Waals surface area (Å²) in [6.07, 6.45) is 1.18. The number of carbonyl (C=O) groups is 1. The Labute approximate surface area is 173 Å². The van der Waals surface area contributed by atoms with Crippen molar-refractivity contribution in [3.05, 3.63) is 54.1 Å². The monoisotopic (exact) mass is 408 g/mol. The Hall–Kier alpha value is -3.13. The van der Waals surface area contributed by atoms with Crippen LogP contribution in [0.2, 0.25) is 0 Å². The molecule has 7 nitrogen and oxygen atoms in total. The molecule has 3 aromatic rings. The lowest BCUT2D eigenvalue weighted by Gasteiger charge is -2.30. The normalized spacial score (nSPS) is 15.0. The van der Waals surface area contributed by atoms with Crippen LogP contribution in [0, 0.1) is 0 Å². The molecule has 0 fully saturated rings. The van der Waals surface area contributed by atoms with Gasteiger partial charge in [0.1, 0.15) is 5.75 Å². The third kappa shape index (κ3) is 3.63. The van der Waals surface area contributed by atoms with Gasteiger partial charge in [-0.15, -0.1) is 10.2 Å². The zero-order valence-corrected chi connectivity index (χ0v) is 17.1. The quantitative estimate of drug-likeness (QED) is 0.601. The predicted molar refractivity (Wildman–Crippen MR) is 111 cm³/mol. The summed E-state index contributed by atoms with van der Waals surface area (Å²) < 4.78 is 11.8. The van der Waals surface area contributed by atoms with Gasteiger partial charge in [-0.3, -0.25) is 9.69 Å².